The summed E-state index contributed by atoms with van der Waals surface area (Å²) in [6.45, 7) is 4.65. The Morgan fingerprint density at radius 3 is 2.27 bits per heavy atom. The van der Waals surface area contributed by atoms with Gasteiger partial charge in [-0.1, -0.05) is 18.5 Å². The highest BCUT2D eigenvalue weighted by molar-refractivity contribution is 6.53. The molecule has 0 atom stereocenters. The van der Waals surface area contributed by atoms with E-state index in [0.29, 0.717) is 35.9 Å². The van der Waals surface area contributed by atoms with E-state index >= 15 is 0 Å². The van der Waals surface area contributed by atoms with Gasteiger partial charge >= 0.3 is 5.97 Å². The number of esters is 1. The number of imide groups is 1. The van der Waals surface area contributed by atoms with Crippen molar-refractivity contribution in [3.05, 3.63) is 64.8 Å². The van der Waals surface area contributed by atoms with Crippen molar-refractivity contribution in [3.8, 4) is 5.75 Å². The van der Waals surface area contributed by atoms with E-state index in [1.165, 1.54) is 24.3 Å². The molecule has 8 heteroatoms. The van der Waals surface area contributed by atoms with Gasteiger partial charge in [0.1, 0.15) is 16.5 Å². The average molecular weight is 429 g/mol. The van der Waals surface area contributed by atoms with Gasteiger partial charge in [0.2, 0.25) is 0 Å². The van der Waals surface area contributed by atoms with Crippen molar-refractivity contribution < 1.29 is 23.9 Å². The molecule has 0 aromatic heterocycles. The molecule has 2 aromatic rings. The Hall–Kier alpha value is -3.32. The van der Waals surface area contributed by atoms with E-state index in [9.17, 15) is 14.4 Å². The molecule has 0 saturated carbocycles. The van der Waals surface area contributed by atoms with Crippen LogP contribution < -0.4 is 15.0 Å². The molecule has 0 unspecified atom stereocenters. The summed E-state index contributed by atoms with van der Waals surface area (Å²) in [5.41, 5.74) is 1.21. The minimum absolute atomic E-state index is 0.0164. The predicted molar refractivity (Wildman–Crippen MR) is 114 cm³/mol. The van der Waals surface area contributed by atoms with E-state index in [0.717, 1.165) is 11.3 Å². The molecule has 0 saturated heterocycles. The summed E-state index contributed by atoms with van der Waals surface area (Å²) >= 11 is 6.14. The SMILES string of the molecule is CCCOC(=O)c1ccc(N2C(=O)C(Cl)=C(Nc3ccc(OCC)cc3)C2=O)cc1. The van der Waals surface area contributed by atoms with Gasteiger partial charge < -0.3 is 14.8 Å². The number of carbonyl (C=O) groups excluding carboxylic acids is 3. The molecule has 156 valence electrons. The first kappa shape index (κ1) is 21.4. The maximum atomic E-state index is 12.8. The zero-order chi connectivity index (χ0) is 21.7. The molecular formula is C22H21ClN2O5. The molecular weight excluding hydrogens is 408 g/mol. The second kappa shape index (κ2) is 9.45. The van der Waals surface area contributed by atoms with Crippen LogP contribution in [0, 0.1) is 0 Å². The topological polar surface area (TPSA) is 84.9 Å². The van der Waals surface area contributed by atoms with Crippen LogP contribution in [0.5, 0.6) is 5.75 Å². The number of nitrogens with one attached hydrogen (secondary N) is 1. The van der Waals surface area contributed by atoms with Crippen LogP contribution in [-0.4, -0.2) is 31.0 Å². The van der Waals surface area contributed by atoms with Crippen molar-refractivity contribution >= 4 is 40.8 Å². The highest BCUT2D eigenvalue weighted by atomic mass is 35.5. The number of halogens is 1. The van der Waals surface area contributed by atoms with Crippen LogP contribution in [0.3, 0.4) is 0 Å². The molecule has 0 aliphatic carbocycles. The molecule has 2 aromatic carbocycles. The van der Waals surface area contributed by atoms with Crippen LogP contribution in [0.4, 0.5) is 11.4 Å². The van der Waals surface area contributed by atoms with Crippen molar-refractivity contribution in [3.63, 3.8) is 0 Å². The van der Waals surface area contributed by atoms with Crippen LogP contribution in [0.25, 0.3) is 0 Å². The molecule has 7 nitrogen and oxygen atoms in total. The summed E-state index contributed by atoms with van der Waals surface area (Å²) in [6.07, 6.45) is 0.717. The first-order valence-corrected chi connectivity index (χ1v) is 9.89. The Kier molecular flexibility index (Phi) is 6.74. The predicted octanol–water partition coefficient (Wildman–Crippen LogP) is 4.09. The van der Waals surface area contributed by atoms with Gasteiger partial charge in [0.25, 0.3) is 11.8 Å². The van der Waals surface area contributed by atoms with E-state index in [4.69, 9.17) is 21.1 Å². The van der Waals surface area contributed by atoms with Gasteiger partial charge in [0.05, 0.1) is 24.5 Å². The molecule has 0 spiro atoms. The minimum atomic E-state index is -0.642. The van der Waals surface area contributed by atoms with Gasteiger partial charge in [0, 0.05) is 5.69 Å². The Balaban J connectivity index is 1.75. The smallest absolute Gasteiger partial charge is 0.338 e. The monoisotopic (exact) mass is 428 g/mol. The lowest BCUT2D eigenvalue weighted by Gasteiger charge is -2.15. The van der Waals surface area contributed by atoms with Crippen molar-refractivity contribution in [2.45, 2.75) is 20.3 Å². The molecule has 3 rings (SSSR count). The molecule has 1 N–H and O–H groups in total. The normalized spacial score (nSPS) is 13.6. The highest BCUT2D eigenvalue weighted by Gasteiger charge is 2.39. The second-order valence-corrected chi connectivity index (χ2v) is 6.78. The van der Waals surface area contributed by atoms with Crippen molar-refractivity contribution in [2.24, 2.45) is 0 Å². The largest absolute Gasteiger partial charge is 0.494 e. The lowest BCUT2D eigenvalue weighted by molar-refractivity contribution is -0.120. The van der Waals surface area contributed by atoms with Crippen LogP contribution in [0.2, 0.25) is 0 Å². The second-order valence-electron chi connectivity index (χ2n) is 6.40. The first-order valence-electron chi connectivity index (χ1n) is 9.51. The minimum Gasteiger partial charge on any atom is -0.494 e. The number of benzene rings is 2. The standard InChI is InChI=1S/C22H21ClN2O5/c1-3-13-30-22(28)14-5-9-16(10-6-14)25-20(26)18(23)19(21(25)27)24-15-7-11-17(12-8-15)29-4-2/h5-12,24H,3-4,13H2,1-2H3. The van der Waals surface area contributed by atoms with Crippen molar-refractivity contribution in [2.75, 3.05) is 23.4 Å². The Morgan fingerprint density at radius 1 is 1.00 bits per heavy atom. The third kappa shape index (κ3) is 4.46. The van der Waals surface area contributed by atoms with Gasteiger partial charge in [-0.15, -0.1) is 0 Å². The van der Waals surface area contributed by atoms with Crippen LogP contribution >= 0.6 is 11.6 Å². The van der Waals surface area contributed by atoms with E-state index in [1.807, 2.05) is 13.8 Å². The fourth-order valence-corrected chi connectivity index (χ4v) is 3.03. The number of nitrogens with zero attached hydrogens (tertiary/aromatic N) is 1. The Labute approximate surface area is 179 Å². The number of hydrogen-bond acceptors (Lipinski definition) is 6. The maximum absolute atomic E-state index is 12.8. The number of ether oxygens (including phenoxy) is 2. The van der Waals surface area contributed by atoms with Gasteiger partial charge in [-0.2, -0.15) is 0 Å². The fraction of sp³-hybridized carbons (Fsp3) is 0.227. The number of rotatable bonds is 8. The summed E-state index contributed by atoms with van der Waals surface area (Å²) in [4.78, 5) is 38.3. The van der Waals surface area contributed by atoms with E-state index in [1.54, 1.807) is 24.3 Å². The molecule has 2 amide bonds. The van der Waals surface area contributed by atoms with E-state index < -0.39 is 17.8 Å². The molecule has 1 aliphatic rings. The zero-order valence-corrected chi connectivity index (χ0v) is 17.4. The summed E-state index contributed by atoms with van der Waals surface area (Å²) in [5.74, 6) is -0.996. The number of anilines is 2. The molecule has 0 fully saturated rings. The Bertz CT molecular complexity index is 984. The Morgan fingerprint density at radius 2 is 1.67 bits per heavy atom. The molecule has 1 aliphatic heterocycles. The zero-order valence-electron chi connectivity index (χ0n) is 16.6. The molecule has 30 heavy (non-hydrogen) atoms. The molecule has 1 heterocycles. The quantitative estimate of drug-likeness (QED) is 0.503. The first-order chi connectivity index (χ1) is 14.5. The third-order valence-electron chi connectivity index (χ3n) is 4.26. The summed E-state index contributed by atoms with van der Waals surface area (Å²) < 4.78 is 10.5. The highest BCUT2D eigenvalue weighted by Crippen LogP contribution is 2.30. The van der Waals surface area contributed by atoms with Crippen LogP contribution in [0.1, 0.15) is 30.6 Å². The van der Waals surface area contributed by atoms with E-state index in [-0.39, 0.29) is 10.7 Å². The van der Waals surface area contributed by atoms with Crippen molar-refractivity contribution in [1.82, 2.24) is 0 Å². The maximum Gasteiger partial charge on any atom is 0.338 e. The van der Waals surface area contributed by atoms with Gasteiger partial charge in [-0.05, 0) is 61.9 Å². The summed E-state index contributed by atoms with van der Waals surface area (Å²) in [7, 11) is 0. The summed E-state index contributed by atoms with van der Waals surface area (Å²) in [6, 6.07) is 12.9. The lowest BCUT2D eigenvalue weighted by Crippen LogP contribution is -2.32. The third-order valence-corrected chi connectivity index (χ3v) is 4.61. The average Bonchev–Trinajstić information content (AvgIpc) is 2.97. The lowest BCUT2D eigenvalue weighted by atomic mass is 10.2. The molecule has 0 radical (unpaired) electrons. The van der Waals surface area contributed by atoms with Crippen LogP contribution in [0.15, 0.2) is 59.3 Å². The summed E-state index contributed by atoms with van der Waals surface area (Å²) in [5, 5.41) is 2.69. The van der Waals surface area contributed by atoms with Gasteiger partial charge in [0.15, 0.2) is 0 Å². The van der Waals surface area contributed by atoms with Crippen molar-refractivity contribution in [1.29, 1.82) is 0 Å². The van der Waals surface area contributed by atoms with E-state index in [2.05, 4.69) is 5.32 Å². The van der Waals surface area contributed by atoms with Crippen LogP contribution in [-0.2, 0) is 14.3 Å². The number of amides is 2. The fourth-order valence-electron chi connectivity index (χ4n) is 2.82. The van der Waals surface area contributed by atoms with Gasteiger partial charge in [-0.3, -0.25) is 9.59 Å². The molecule has 0 bridgehead atoms. The van der Waals surface area contributed by atoms with Gasteiger partial charge in [-0.25, -0.2) is 9.69 Å². The number of hydrogen-bond donors (Lipinski definition) is 1. The number of carbonyl (C=O) groups is 3.